The topological polar surface area (TPSA) is 99.4 Å². The van der Waals surface area contributed by atoms with Gasteiger partial charge >= 0.3 is 12.3 Å². The van der Waals surface area contributed by atoms with Crippen LogP contribution in [0.1, 0.15) is 28.4 Å². The number of aryl methyl sites for hydroxylation is 1. The van der Waals surface area contributed by atoms with E-state index in [0.717, 1.165) is 12.1 Å². The van der Waals surface area contributed by atoms with Gasteiger partial charge in [-0.05, 0) is 54.3 Å². The van der Waals surface area contributed by atoms with Crippen molar-refractivity contribution in [3.63, 3.8) is 0 Å². The predicted molar refractivity (Wildman–Crippen MR) is 100 cm³/mol. The molecule has 4 atom stereocenters. The van der Waals surface area contributed by atoms with Crippen LogP contribution in [0.15, 0.2) is 36.4 Å². The molecule has 0 aliphatic carbocycles. The van der Waals surface area contributed by atoms with E-state index in [0.29, 0.717) is 16.7 Å². The fraction of sp³-hybridized carbons (Fsp3) is 0.429. The highest BCUT2D eigenvalue weighted by Gasteiger charge is 2.57. The van der Waals surface area contributed by atoms with Gasteiger partial charge in [-0.15, -0.1) is 13.2 Å². The van der Waals surface area contributed by atoms with Crippen LogP contribution in [0.2, 0.25) is 0 Å². The smallest absolute Gasteiger partial charge is 0.508 e. The van der Waals surface area contributed by atoms with Crippen molar-refractivity contribution in [1.29, 1.82) is 0 Å². The molecule has 11 heteroatoms. The average molecular weight is 464 g/mol. The fourth-order valence-electron chi connectivity index (χ4n) is 3.56. The quantitative estimate of drug-likeness (QED) is 0.508. The highest BCUT2D eigenvalue weighted by atomic mass is 19.4. The second-order valence-electron chi connectivity index (χ2n) is 7.54. The van der Waals surface area contributed by atoms with Gasteiger partial charge in [0.15, 0.2) is 0 Å². The maximum Gasteiger partial charge on any atom is 0.573 e. The summed E-state index contributed by atoms with van der Waals surface area (Å²) >= 11 is 0. The van der Waals surface area contributed by atoms with Gasteiger partial charge in [0.1, 0.15) is 35.9 Å². The number of benzene rings is 2. The number of hydrogen-bond acceptors (Lipinski definition) is 6. The maximum absolute atomic E-state index is 14.0. The minimum atomic E-state index is -4.82. The number of ether oxygens (including phenoxy) is 2. The van der Waals surface area contributed by atoms with Gasteiger partial charge in [-0.25, -0.2) is 8.78 Å². The Bertz CT molecular complexity index is 943. The first-order valence-corrected chi connectivity index (χ1v) is 9.50. The Kier molecular flexibility index (Phi) is 6.66. The van der Waals surface area contributed by atoms with Crippen molar-refractivity contribution < 1.29 is 51.9 Å². The lowest BCUT2D eigenvalue weighted by Gasteiger charge is -2.42. The van der Waals surface area contributed by atoms with Gasteiger partial charge in [-0.3, -0.25) is 0 Å². The van der Waals surface area contributed by atoms with E-state index in [1.165, 1.54) is 24.3 Å². The number of aliphatic hydroxyl groups excluding tert-OH is 3. The van der Waals surface area contributed by atoms with Crippen LogP contribution in [0.5, 0.6) is 11.5 Å². The number of halogens is 5. The van der Waals surface area contributed by atoms with Crippen LogP contribution < -0.4 is 4.74 Å². The molecule has 0 unspecified atom stereocenters. The number of hydrogen-bond donors (Lipinski definition) is 4. The Morgan fingerprint density at radius 1 is 1.09 bits per heavy atom. The summed E-state index contributed by atoms with van der Waals surface area (Å²) in [5.41, 5.74) is 1.65. The van der Waals surface area contributed by atoms with Crippen molar-refractivity contribution in [2.45, 2.75) is 50.0 Å². The predicted octanol–water partition coefficient (Wildman–Crippen LogP) is 2.98. The molecule has 0 aromatic heterocycles. The monoisotopic (exact) mass is 464 g/mol. The lowest BCUT2D eigenvalue weighted by Crippen LogP contribution is -2.59. The van der Waals surface area contributed by atoms with E-state index in [1.54, 1.807) is 6.92 Å². The van der Waals surface area contributed by atoms with E-state index < -0.39 is 49.1 Å². The lowest BCUT2D eigenvalue weighted by molar-refractivity contribution is -0.296. The zero-order valence-electron chi connectivity index (χ0n) is 16.7. The Labute approximate surface area is 179 Å². The van der Waals surface area contributed by atoms with Crippen molar-refractivity contribution in [3.05, 3.63) is 58.7 Å². The van der Waals surface area contributed by atoms with Crippen molar-refractivity contribution in [3.8, 4) is 11.5 Å². The van der Waals surface area contributed by atoms with E-state index in [4.69, 9.17) is 4.74 Å². The summed E-state index contributed by atoms with van der Waals surface area (Å²) in [6, 6.07) is 7.80. The highest BCUT2D eigenvalue weighted by molar-refractivity contribution is 5.45. The molecule has 6 nitrogen and oxygen atoms in total. The van der Waals surface area contributed by atoms with Gasteiger partial charge in [0, 0.05) is 5.56 Å². The van der Waals surface area contributed by atoms with Crippen molar-refractivity contribution in [2.75, 3.05) is 6.61 Å². The molecular weight excluding hydrogens is 443 g/mol. The first kappa shape index (κ1) is 24.2. The molecule has 0 spiro atoms. The van der Waals surface area contributed by atoms with Crippen LogP contribution in [-0.4, -0.2) is 57.6 Å². The molecule has 32 heavy (non-hydrogen) atoms. The van der Waals surface area contributed by atoms with Crippen LogP contribution in [0, 0.1) is 6.92 Å². The van der Waals surface area contributed by atoms with Crippen molar-refractivity contribution >= 4 is 0 Å². The molecule has 1 aliphatic heterocycles. The third kappa shape index (κ3) is 4.96. The van der Waals surface area contributed by atoms with Gasteiger partial charge in [0.25, 0.3) is 0 Å². The highest BCUT2D eigenvalue weighted by Crippen LogP contribution is 2.43. The molecule has 1 fully saturated rings. The van der Waals surface area contributed by atoms with E-state index in [9.17, 15) is 42.4 Å². The molecule has 2 aromatic rings. The molecule has 1 aliphatic rings. The number of aliphatic hydroxyl groups is 3. The summed E-state index contributed by atoms with van der Waals surface area (Å²) in [7, 11) is 0. The molecule has 0 radical (unpaired) electrons. The van der Waals surface area contributed by atoms with Crippen LogP contribution >= 0.6 is 0 Å². The number of rotatable bonds is 5. The van der Waals surface area contributed by atoms with Gasteiger partial charge in [-0.1, -0.05) is 12.1 Å². The summed E-state index contributed by atoms with van der Waals surface area (Å²) < 4.78 is 73.9. The minimum Gasteiger partial charge on any atom is -0.508 e. The summed E-state index contributed by atoms with van der Waals surface area (Å²) in [5, 5.41) is 39.6. The van der Waals surface area contributed by atoms with Gasteiger partial charge in [0.2, 0.25) is 0 Å². The normalized spacial score (nSPS) is 25.5. The molecule has 0 amide bonds. The Balaban J connectivity index is 1.88. The second-order valence-corrected chi connectivity index (χ2v) is 7.54. The molecule has 4 N–H and O–H groups in total. The lowest BCUT2D eigenvalue weighted by atomic mass is 9.88. The summed E-state index contributed by atoms with van der Waals surface area (Å²) in [4.78, 5) is 0. The third-order valence-electron chi connectivity index (χ3n) is 5.28. The molecule has 3 rings (SSSR count). The molecule has 2 aromatic carbocycles. The summed E-state index contributed by atoms with van der Waals surface area (Å²) in [6.45, 7) is 0.525. The molecule has 0 saturated carbocycles. The van der Waals surface area contributed by atoms with Gasteiger partial charge < -0.3 is 29.9 Å². The molecular formula is C21H21F5O6. The number of phenolic OH excluding ortho intramolecular Hbond substituents is 1. The minimum absolute atomic E-state index is 0.0804. The Morgan fingerprint density at radius 3 is 2.28 bits per heavy atom. The third-order valence-corrected chi connectivity index (χ3v) is 5.28. The standard InChI is InChI=1S/C21H21F5O6/c1-10-6-15(28)14(18-17(29)19(30)20(22,23)16(9-27)31-18)8-12(10)7-11-2-4-13(5-3-11)32-21(24,25)26/h2-6,8,16-19,27-30H,7,9H2,1H3/t16-,17+,18+,19-/m1/s1. The van der Waals surface area contributed by atoms with Crippen LogP contribution in [-0.2, 0) is 11.2 Å². The fourth-order valence-corrected chi connectivity index (χ4v) is 3.56. The first-order valence-electron chi connectivity index (χ1n) is 9.50. The zero-order valence-corrected chi connectivity index (χ0v) is 16.7. The van der Waals surface area contributed by atoms with Gasteiger partial charge in [0.05, 0.1) is 6.61 Å². The van der Waals surface area contributed by atoms with E-state index in [1.807, 2.05) is 0 Å². The Morgan fingerprint density at radius 2 is 1.72 bits per heavy atom. The SMILES string of the molecule is Cc1cc(O)c([C@@H]2O[C@H](CO)C(F)(F)[C@H](O)[C@H]2O)cc1Cc1ccc(OC(F)(F)F)cc1. The van der Waals surface area contributed by atoms with Crippen LogP contribution in [0.3, 0.4) is 0 Å². The molecule has 1 saturated heterocycles. The first-order chi connectivity index (χ1) is 14.8. The molecule has 176 valence electrons. The van der Waals surface area contributed by atoms with E-state index in [2.05, 4.69) is 4.74 Å². The van der Waals surface area contributed by atoms with Crippen molar-refractivity contribution in [2.24, 2.45) is 0 Å². The number of alkyl halides is 5. The second kappa shape index (κ2) is 8.81. The summed E-state index contributed by atoms with van der Waals surface area (Å²) in [6.07, 6.45) is -12.9. The van der Waals surface area contributed by atoms with E-state index >= 15 is 0 Å². The van der Waals surface area contributed by atoms with Gasteiger partial charge in [-0.2, -0.15) is 0 Å². The van der Waals surface area contributed by atoms with Crippen LogP contribution in [0.25, 0.3) is 0 Å². The van der Waals surface area contributed by atoms with Crippen molar-refractivity contribution in [1.82, 2.24) is 0 Å². The largest absolute Gasteiger partial charge is 0.573 e. The Hall–Kier alpha value is -2.47. The zero-order chi connectivity index (χ0) is 23.8. The number of phenols is 1. The van der Waals surface area contributed by atoms with E-state index in [-0.39, 0.29) is 17.7 Å². The maximum atomic E-state index is 14.0. The van der Waals surface area contributed by atoms with Crippen LogP contribution in [0.4, 0.5) is 22.0 Å². The number of aromatic hydroxyl groups is 1. The molecule has 1 heterocycles. The summed E-state index contributed by atoms with van der Waals surface area (Å²) in [5.74, 6) is -4.68. The molecule has 0 bridgehead atoms. The average Bonchev–Trinajstić information content (AvgIpc) is 2.69.